The van der Waals surface area contributed by atoms with Gasteiger partial charge >= 0.3 is 29.6 Å². The van der Waals surface area contributed by atoms with Gasteiger partial charge in [-0.05, 0) is 6.42 Å². The molecule has 0 aliphatic heterocycles. The Morgan fingerprint density at radius 2 is 1.36 bits per heavy atom. The Bertz CT molecular complexity index is 421. The van der Waals surface area contributed by atoms with Gasteiger partial charge in [-0.1, -0.05) is 58.3 Å². The Balaban J connectivity index is 0. The molecule has 0 aliphatic carbocycles. The van der Waals surface area contributed by atoms with Gasteiger partial charge in [-0.15, -0.1) is 0 Å². The molecular weight excluding hydrogens is 319 g/mol. The molecular formula is C14H25NaO6S. The summed E-state index contributed by atoms with van der Waals surface area (Å²) in [6, 6.07) is 0. The Morgan fingerprint density at radius 1 is 0.955 bits per heavy atom. The van der Waals surface area contributed by atoms with Crippen LogP contribution in [-0.4, -0.2) is 30.0 Å². The topological polar surface area (TPSA) is 112 Å². The van der Waals surface area contributed by atoms with E-state index in [2.05, 4.69) is 6.92 Å². The first-order chi connectivity index (χ1) is 9.80. The van der Waals surface area contributed by atoms with Gasteiger partial charge in [0.2, 0.25) is 0 Å². The van der Waals surface area contributed by atoms with E-state index in [1.165, 1.54) is 25.7 Å². The molecule has 8 heteroatoms. The maximum absolute atomic E-state index is 11.5. The maximum atomic E-state index is 11.5. The molecule has 0 rings (SSSR count). The quantitative estimate of drug-likeness (QED) is 0.188. The number of hydrogen-bond acceptors (Lipinski definition) is 5. The first-order valence-corrected chi connectivity index (χ1v) is 9.01. The van der Waals surface area contributed by atoms with Crippen LogP contribution in [0.1, 0.15) is 71.1 Å². The molecule has 0 bridgehead atoms. The third-order valence-electron chi connectivity index (χ3n) is 3.33. The summed E-state index contributed by atoms with van der Waals surface area (Å²) >= 11 is 0. The zero-order chi connectivity index (χ0) is 16.3. The van der Waals surface area contributed by atoms with Crippen LogP contribution in [0.15, 0.2) is 0 Å². The Kier molecular flexibility index (Phi) is 14.9. The predicted molar refractivity (Wildman–Crippen MR) is 77.2 cm³/mol. The molecule has 0 saturated heterocycles. The number of Topliss-reactive ketones (excluding diaryl/α,β-unsaturated/α-hetero) is 1. The monoisotopic (exact) mass is 344 g/mol. The summed E-state index contributed by atoms with van der Waals surface area (Å²) in [5.41, 5.74) is 0. The number of unbranched alkanes of at least 4 members (excludes halogenated alkanes) is 8. The van der Waals surface area contributed by atoms with Crippen LogP contribution in [0.25, 0.3) is 0 Å². The molecule has 6 nitrogen and oxygen atoms in total. The molecule has 0 amide bonds. The normalized spacial score (nSPS) is 12.5. The number of rotatable bonds is 13. The first kappa shape index (κ1) is 24.3. The van der Waals surface area contributed by atoms with Crippen LogP contribution in [-0.2, 0) is 19.7 Å². The zero-order valence-electron chi connectivity index (χ0n) is 13.5. The fraction of sp³-hybridized carbons (Fsp3) is 0.857. The molecule has 0 saturated carbocycles. The minimum absolute atomic E-state index is 0. The molecule has 1 unspecified atom stereocenters. The molecule has 124 valence electrons. The van der Waals surface area contributed by atoms with Gasteiger partial charge in [0.15, 0.2) is 11.0 Å². The van der Waals surface area contributed by atoms with Crippen LogP contribution in [0.5, 0.6) is 0 Å². The van der Waals surface area contributed by atoms with Crippen LogP contribution < -0.4 is 34.7 Å². The minimum Gasteiger partial charge on any atom is -0.548 e. The summed E-state index contributed by atoms with van der Waals surface area (Å²) < 4.78 is 30.3. The van der Waals surface area contributed by atoms with Crippen molar-refractivity contribution in [2.24, 2.45) is 0 Å². The first-order valence-electron chi connectivity index (χ1n) is 7.50. The molecule has 0 aromatic carbocycles. The number of aliphatic carboxylic acids is 1. The number of carboxylic acid groups (broad SMARTS) is 1. The third-order valence-corrected chi connectivity index (χ3v) is 4.38. The van der Waals surface area contributed by atoms with Crippen molar-refractivity contribution in [2.75, 3.05) is 0 Å². The molecule has 0 radical (unpaired) electrons. The van der Waals surface area contributed by atoms with Gasteiger partial charge < -0.3 is 9.90 Å². The van der Waals surface area contributed by atoms with Crippen molar-refractivity contribution >= 4 is 21.9 Å². The molecule has 0 aliphatic rings. The fourth-order valence-corrected chi connectivity index (χ4v) is 2.85. The number of carbonyl (C=O) groups excluding carboxylic acids is 2. The third kappa shape index (κ3) is 11.6. The van der Waals surface area contributed by atoms with E-state index in [0.29, 0.717) is 6.42 Å². The van der Waals surface area contributed by atoms with Crippen molar-refractivity contribution in [1.29, 1.82) is 0 Å². The van der Waals surface area contributed by atoms with Gasteiger partial charge in [-0.25, -0.2) is 0 Å². The van der Waals surface area contributed by atoms with Crippen LogP contribution in [0.4, 0.5) is 0 Å². The SMILES string of the molecule is CCCCCCCCCCCC(=O)C(C(=O)[O-])S(=O)(=O)O.[Na+]. The van der Waals surface area contributed by atoms with Gasteiger partial charge in [0.25, 0.3) is 10.1 Å². The van der Waals surface area contributed by atoms with Gasteiger partial charge in [0, 0.05) is 6.42 Å². The van der Waals surface area contributed by atoms with E-state index in [9.17, 15) is 23.1 Å². The van der Waals surface area contributed by atoms with E-state index < -0.39 is 27.1 Å². The van der Waals surface area contributed by atoms with E-state index in [1.807, 2.05) is 0 Å². The zero-order valence-corrected chi connectivity index (χ0v) is 16.4. The molecule has 0 heterocycles. The molecule has 1 atom stereocenters. The summed E-state index contributed by atoms with van der Waals surface area (Å²) in [4.78, 5) is 22.1. The second kappa shape index (κ2) is 13.5. The standard InChI is InChI=1S/C14H26O6S.Na/c1-2-3-4-5-6-7-8-9-10-11-12(15)13(14(16)17)21(18,19)20;/h13H,2-11H2,1H3,(H,16,17)(H,18,19,20);/q;+1/p-1. The second-order valence-corrected chi connectivity index (χ2v) is 6.76. The van der Waals surface area contributed by atoms with E-state index >= 15 is 0 Å². The molecule has 1 N–H and O–H groups in total. The summed E-state index contributed by atoms with van der Waals surface area (Å²) in [5.74, 6) is -3.08. The Labute approximate surface area is 155 Å². The predicted octanol–water partition coefficient (Wildman–Crippen LogP) is -1.51. The summed E-state index contributed by atoms with van der Waals surface area (Å²) in [5, 5.41) is 8.12. The van der Waals surface area contributed by atoms with Crippen LogP contribution in [0, 0.1) is 0 Å². The summed E-state index contributed by atoms with van der Waals surface area (Å²) in [6.45, 7) is 2.16. The Hall–Kier alpha value is 0.0500. The van der Waals surface area contributed by atoms with E-state index in [-0.39, 0.29) is 36.0 Å². The van der Waals surface area contributed by atoms with Gasteiger partial charge in [0.05, 0.1) is 5.97 Å². The molecule has 0 fully saturated rings. The smallest absolute Gasteiger partial charge is 0.548 e. The molecule has 0 aromatic heterocycles. The molecule has 0 aromatic rings. The van der Waals surface area contributed by atoms with E-state index in [4.69, 9.17) is 4.55 Å². The van der Waals surface area contributed by atoms with Crippen LogP contribution in [0.3, 0.4) is 0 Å². The number of carboxylic acids is 1. The number of ketones is 1. The fourth-order valence-electron chi connectivity index (χ4n) is 2.16. The molecule has 22 heavy (non-hydrogen) atoms. The maximum Gasteiger partial charge on any atom is 1.00 e. The van der Waals surface area contributed by atoms with Crippen molar-refractivity contribution in [3.8, 4) is 0 Å². The second-order valence-electron chi connectivity index (χ2n) is 5.26. The number of hydrogen-bond donors (Lipinski definition) is 1. The minimum atomic E-state index is -4.94. The van der Waals surface area contributed by atoms with Crippen molar-refractivity contribution in [1.82, 2.24) is 0 Å². The van der Waals surface area contributed by atoms with Crippen molar-refractivity contribution in [2.45, 2.75) is 76.4 Å². The average Bonchev–Trinajstić information content (AvgIpc) is 2.34. The van der Waals surface area contributed by atoms with Crippen molar-refractivity contribution in [3.05, 3.63) is 0 Å². The van der Waals surface area contributed by atoms with E-state index in [0.717, 1.165) is 25.7 Å². The van der Waals surface area contributed by atoms with Crippen LogP contribution in [0.2, 0.25) is 0 Å². The van der Waals surface area contributed by atoms with Gasteiger partial charge in [0.1, 0.15) is 0 Å². The van der Waals surface area contributed by atoms with Crippen molar-refractivity contribution < 1.29 is 57.2 Å². The average molecular weight is 344 g/mol. The largest absolute Gasteiger partial charge is 1.00 e. The summed E-state index contributed by atoms with van der Waals surface area (Å²) in [6.07, 6.45) is 9.00. The van der Waals surface area contributed by atoms with Gasteiger partial charge in [-0.3, -0.25) is 9.35 Å². The summed E-state index contributed by atoms with van der Waals surface area (Å²) in [7, 11) is -4.94. The number of carbonyl (C=O) groups is 2. The molecule has 0 spiro atoms. The van der Waals surface area contributed by atoms with Crippen molar-refractivity contribution in [3.63, 3.8) is 0 Å². The van der Waals surface area contributed by atoms with Gasteiger partial charge in [-0.2, -0.15) is 8.42 Å². The Morgan fingerprint density at radius 3 is 1.73 bits per heavy atom. The van der Waals surface area contributed by atoms with E-state index in [1.54, 1.807) is 0 Å². The van der Waals surface area contributed by atoms with Crippen LogP contribution >= 0.6 is 0 Å².